The molecule has 0 bridgehead atoms. The van der Waals surface area contributed by atoms with Gasteiger partial charge in [0.2, 0.25) is 5.91 Å². The minimum absolute atomic E-state index is 0.0510. The van der Waals surface area contributed by atoms with Crippen molar-refractivity contribution in [1.29, 1.82) is 0 Å². The number of thioether (sulfide) groups is 1. The number of aryl methyl sites for hydroxylation is 1. The maximum Gasteiger partial charge on any atom is 0.338 e. The van der Waals surface area contributed by atoms with Crippen molar-refractivity contribution in [3.05, 3.63) is 57.8 Å². The molecule has 1 atom stereocenters. The van der Waals surface area contributed by atoms with Crippen molar-refractivity contribution in [1.82, 2.24) is 10.2 Å². The van der Waals surface area contributed by atoms with Gasteiger partial charge in [-0.2, -0.15) is 0 Å². The van der Waals surface area contributed by atoms with E-state index in [0.29, 0.717) is 30.3 Å². The highest BCUT2D eigenvalue weighted by atomic mass is 32.2. The molecule has 2 aliphatic heterocycles. The van der Waals surface area contributed by atoms with Crippen LogP contribution in [0.5, 0.6) is 0 Å². The highest BCUT2D eigenvalue weighted by Gasteiger charge is 2.41. The van der Waals surface area contributed by atoms with Crippen molar-refractivity contribution < 1.29 is 19.1 Å². The van der Waals surface area contributed by atoms with Gasteiger partial charge < -0.3 is 19.7 Å². The largest absolute Gasteiger partial charge is 0.460 e. The molecule has 1 aromatic rings. The number of amides is 1. The van der Waals surface area contributed by atoms with E-state index in [1.807, 2.05) is 48.4 Å². The van der Waals surface area contributed by atoms with Crippen LogP contribution in [0.4, 0.5) is 0 Å². The minimum atomic E-state index is -0.423. The number of aliphatic imine (C=N–C) groups is 1. The van der Waals surface area contributed by atoms with Gasteiger partial charge in [0.25, 0.3) is 0 Å². The molecule has 0 radical (unpaired) electrons. The lowest BCUT2D eigenvalue weighted by Crippen LogP contribution is -2.38. The second kappa shape index (κ2) is 10.8. The number of nitrogens with zero attached hydrogens (tertiary/aromatic N) is 2. The van der Waals surface area contributed by atoms with Crippen LogP contribution in [0.25, 0.3) is 0 Å². The molecule has 172 valence electrons. The van der Waals surface area contributed by atoms with Gasteiger partial charge in [0, 0.05) is 19.4 Å². The molecule has 1 N–H and O–H groups in total. The van der Waals surface area contributed by atoms with Gasteiger partial charge in [-0.25, -0.2) is 9.79 Å². The maximum atomic E-state index is 13.1. The Bertz CT molecular complexity index is 950. The maximum absolute atomic E-state index is 13.1. The van der Waals surface area contributed by atoms with Crippen LogP contribution in [0.2, 0.25) is 0 Å². The van der Waals surface area contributed by atoms with Crippen LogP contribution in [0, 0.1) is 12.8 Å². The molecule has 8 heteroatoms. The summed E-state index contributed by atoms with van der Waals surface area (Å²) < 4.78 is 10.5. The highest BCUT2D eigenvalue weighted by Crippen LogP contribution is 2.44. The van der Waals surface area contributed by atoms with Crippen molar-refractivity contribution in [2.75, 3.05) is 26.9 Å². The van der Waals surface area contributed by atoms with Crippen LogP contribution in [-0.4, -0.2) is 48.8 Å². The molecular formula is C24H31N3O4S. The predicted octanol–water partition coefficient (Wildman–Crippen LogP) is 3.92. The molecule has 1 amide bonds. The molecule has 2 heterocycles. The van der Waals surface area contributed by atoms with Crippen molar-refractivity contribution in [3.63, 3.8) is 0 Å². The lowest BCUT2D eigenvalue weighted by molar-refractivity contribution is -0.141. The van der Waals surface area contributed by atoms with Crippen LogP contribution in [0.1, 0.15) is 44.4 Å². The summed E-state index contributed by atoms with van der Waals surface area (Å²) in [6, 6.07) is 7.64. The standard InChI is InChI=1S/C24H31N3O4S/c1-15(2)13-25-20(28)12-19-14-32-24-26-17(4)21(23(29)31-11-10-30-5)22(27(19)24)18-8-6-16(3)7-9-18/h6-9,14-15,22H,10-13H2,1-5H3,(H,25,28). The van der Waals surface area contributed by atoms with Crippen molar-refractivity contribution in [3.8, 4) is 0 Å². The van der Waals surface area contributed by atoms with E-state index in [1.165, 1.54) is 11.8 Å². The van der Waals surface area contributed by atoms with Crippen LogP contribution in [-0.2, 0) is 19.1 Å². The Morgan fingerprint density at radius 1 is 1.19 bits per heavy atom. The van der Waals surface area contributed by atoms with Crippen molar-refractivity contribution in [2.24, 2.45) is 10.9 Å². The second-order valence-electron chi connectivity index (χ2n) is 8.31. The summed E-state index contributed by atoms with van der Waals surface area (Å²) in [5.41, 5.74) is 3.98. The molecule has 0 saturated carbocycles. The lowest BCUT2D eigenvalue weighted by atomic mass is 9.93. The Hall–Kier alpha value is -2.58. The number of ether oxygens (including phenoxy) is 2. The molecule has 0 saturated heterocycles. The molecule has 1 unspecified atom stereocenters. The van der Waals surface area contributed by atoms with Gasteiger partial charge in [0.1, 0.15) is 6.61 Å². The summed E-state index contributed by atoms with van der Waals surface area (Å²) >= 11 is 1.47. The van der Waals surface area contributed by atoms with E-state index in [-0.39, 0.29) is 18.9 Å². The van der Waals surface area contributed by atoms with E-state index in [9.17, 15) is 9.59 Å². The van der Waals surface area contributed by atoms with Crippen LogP contribution >= 0.6 is 11.8 Å². The fourth-order valence-corrected chi connectivity index (χ4v) is 4.50. The lowest BCUT2D eigenvalue weighted by Gasteiger charge is -2.36. The van der Waals surface area contributed by atoms with E-state index in [4.69, 9.17) is 9.47 Å². The van der Waals surface area contributed by atoms with Crippen molar-refractivity contribution >= 4 is 28.8 Å². The van der Waals surface area contributed by atoms with E-state index in [2.05, 4.69) is 24.2 Å². The third-order valence-electron chi connectivity index (χ3n) is 5.18. The topological polar surface area (TPSA) is 80.2 Å². The van der Waals surface area contributed by atoms with Crippen molar-refractivity contribution in [2.45, 2.75) is 40.2 Å². The predicted molar refractivity (Wildman–Crippen MR) is 127 cm³/mol. The molecule has 0 spiro atoms. The Kier molecular flexibility index (Phi) is 8.15. The first-order valence-corrected chi connectivity index (χ1v) is 11.6. The fraction of sp³-hybridized carbons (Fsp3) is 0.458. The summed E-state index contributed by atoms with van der Waals surface area (Å²) in [5, 5.41) is 5.67. The Balaban J connectivity index is 1.94. The van der Waals surface area contributed by atoms with Gasteiger partial charge in [-0.1, -0.05) is 55.4 Å². The summed E-state index contributed by atoms with van der Waals surface area (Å²) in [7, 11) is 1.56. The smallest absolute Gasteiger partial charge is 0.338 e. The van der Waals surface area contributed by atoms with Gasteiger partial charge >= 0.3 is 5.97 Å². The van der Waals surface area contributed by atoms with Crippen LogP contribution < -0.4 is 5.32 Å². The average molecular weight is 458 g/mol. The SMILES string of the molecule is COCCOC(=O)C1=C(C)N=C2SC=C(CC(=O)NCC(C)C)N2C1c1ccc(C)cc1. The zero-order valence-corrected chi connectivity index (χ0v) is 20.1. The first-order valence-electron chi connectivity index (χ1n) is 10.8. The monoisotopic (exact) mass is 457 g/mol. The van der Waals surface area contributed by atoms with Gasteiger partial charge in [-0.15, -0.1) is 0 Å². The van der Waals surface area contributed by atoms with E-state index in [0.717, 1.165) is 22.0 Å². The number of methoxy groups -OCH3 is 1. The number of carbonyl (C=O) groups is 2. The Morgan fingerprint density at radius 3 is 2.56 bits per heavy atom. The number of carbonyl (C=O) groups excluding carboxylic acids is 2. The molecule has 0 fully saturated rings. The highest BCUT2D eigenvalue weighted by molar-refractivity contribution is 8.16. The molecule has 0 aromatic heterocycles. The third-order valence-corrected chi connectivity index (χ3v) is 6.07. The Labute approximate surface area is 193 Å². The summed E-state index contributed by atoms with van der Waals surface area (Å²) in [4.78, 5) is 32.3. The minimum Gasteiger partial charge on any atom is -0.460 e. The number of hydrogen-bond donors (Lipinski definition) is 1. The number of benzene rings is 1. The zero-order chi connectivity index (χ0) is 23.3. The van der Waals surface area contributed by atoms with Gasteiger partial charge in [0.15, 0.2) is 5.17 Å². The second-order valence-corrected chi connectivity index (χ2v) is 9.14. The number of rotatable bonds is 9. The summed E-state index contributed by atoms with van der Waals surface area (Å²) in [6.07, 6.45) is 0.214. The molecule has 7 nitrogen and oxygen atoms in total. The van der Waals surface area contributed by atoms with Crippen LogP contribution in [0.15, 0.2) is 51.6 Å². The summed E-state index contributed by atoms with van der Waals surface area (Å²) in [6.45, 7) is 9.07. The molecule has 3 rings (SSSR count). The molecule has 2 aliphatic rings. The summed E-state index contributed by atoms with van der Waals surface area (Å²) in [5.74, 6) is -0.101. The number of allylic oxidation sites excluding steroid dienone is 1. The van der Waals surface area contributed by atoms with Gasteiger partial charge in [0.05, 0.1) is 30.3 Å². The number of hydrogen-bond acceptors (Lipinski definition) is 7. The molecule has 32 heavy (non-hydrogen) atoms. The number of esters is 1. The normalized spacial score (nSPS) is 17.8. The quantitative estimate of drug-likeness (QED) is 0.447. The van der Waals surface area contributed by atoms with E-state index < -0.39 is 12.0 Å². The molecule has 1 aromatic carbocycles. The first-order chi connectivity index (χ1) is 15.3. The van der Waals surface area contributed by atoms with E-state index >= 15 is 0 Å². The number of amidine groups is 1. The van der Waals surface area contributed by atoms with E-state index in [1.54, 1.807) is 7.11 Å². The Morgan fingerprint density at radius 2 is 1.91 bits per heavy atom. The fourth-order valence-electron chi connectivity index (χ4n) is 3.54. The van der Waals surface area contributed by atoms with Gasteiger partial charge in [-0.3, -0.25) is 4.79 Å². The first kappa shape index (κ1) is 24.1. The average Bonchev–Trinajstić information content (AvgIpc) is 3.14. The zero-order valence-electron chi connectivity index (χ0n) is 19.3. The molecule has 0 aliphatic carbocycles. The van der Waals surface area contributed by atoms with Crippen LogP contribution in [0.3, 0.4) is 0 Å². The van der Waals surface area contributed by atoms with Gasteiger partial charge in [-0.05, 0) is 30.7 Å². The number of fused-ring (bicyclic) bond motifs is 1. The molecular weight excluding hydrogens is 426 g/mol. The third kappa shape index (κ3) is 5.61. The number of nitrogens with one attached hydrogen (secondary N) is 1.